The molecule has 3 heteroatoms. The predicted molar refractivity (Wildman–Crippen MR) is 98.9 cm³/mol. The first-order valence-corrected chi connectivity index (χ1v) is 10.7. The molecule has 0 aliphatic heterocycles. The molecule has 8 unspecified atom stereocenters. The van der Waals surface area contributed by atoms with Gasteiger partial charge in [-0.25, -0.2) is 0 Å². The summed E-state index contributed by atoms with van der Waals surface area (Å²) in [7, 11) is 0. The molecule has 3 nitrogen and oxygen atoms in total. The van der Waals surface area contributed by atoms with Gasteiger partial charge in [-0.05, 0) is 93.3 Å². The number of aliphatic hydroxyl groups is 2. The molecule has 0 aromatic carbocycles. The number of hydrogen-bond acceptors (Lipinski definition) is 3. The fourth-order valence-electron chi connectivity index (χ4n) is 7.70. The molecule has 144 valence electrons. The first-order chi connectivity index (χ1) is 11.7. The molecule has 4 fully saturated rings. The van der Waals surface area contributed by atoms with Crippen LogP contribution in [0.15, 0.2) is 0 Å². The summed E-state index contributed by atoms with van der Waals surface area (Å²) in [6.07, 6.45) is 11.0. The van der Waals surface area contributed by atoms with Crippen molar-refractivity contribution in [3.05, 3.63) is 0 Å². The second-order valence-corrected chi connectivity index (χ2v) is 10.7. The van der Waals surface area contributed by atoms with Gasteiger partial charge in [-0.2, -0.15) is 0 Å². The average Bonchev–Trinajstić information content (AvgIpc) is 2.82. The van der Waals surface area contributed by atoms with Crippen LogP contribution < -0.4 is 0 Å². The van der Waals surface area contributed by atoms with E-state index in [1.54, 1.807) is 13.8 Å². The normalized spacial score (nSPS) is 53.0. The van der Waals surface area contributed by atoms with Crippen molar-refractivity contribution in [2.75, 3.05) is 0 Å². The molecular formula is C22H38O3. The van der Waals surface area contributed by atoms with Crippen LogP contribution in [0, 0.1) is 34.5 Å². The highest BCUT2D eigenvalue weighted by Crippen LogP contribution is 2.66. The number of rotatable bonds is 2. The minimum atomic E-state index is -1.07. The summed E-state index contributed by atoms with van der Waals surface area (Å²) in [6.45, 7) is 8.44. The van der Waals surface area contributed by atoms with Crippen LogP contribution in [0.25, 0.3) is 0 Å². The zero-order valence-electron chi connectivity index (χ0n) is 16.6. The first kappa shape index (κ1) is 18.3. The van der Waals surface area contributed by atoms with E-state index in [1.165, 1.54) is 32.1 Å². The fraction of sp³-hybridized carbons (Fsp3) is 1.00. The summed E-state index contributed by atoms with van der Waals surface area (Å²) in [5, 5.41) is 21.1. The molecular weight excluding hydrogens is 312 g/mol. The standard InChI is InChI=1S/C22H38O3/c1-20(2,24)25-17-13-14-7-5-6-11-21(14,3)16-10-12-22(4)15(19(16)17)8-9-18(22)23/h14-19,23-24H,5-13H2,1-4H3. The number of aliphatic hydroxyl groups excluding tert-OH is 1. The number of ether oxygens (including phenoxy) is 1. The SMILES string of the molecule is CC(C)(O)OC1CC2CCCCC2(C)C2CCC3(C)C(O)CCC3C12. The average molecular weight is 351 g/mol. The van der Waals surface area contributed by atoms with Gasteiger partial charge in [0, 0.05) is 0 Å². The van der Waals surface area contributed by atoms with Gasteiger partial charge in [0.2, 0.25) is 0 Å². The van der Waals surface area contributed by atoms with Crippen molar-refractivity contribution in [3.63, 3.8) is 0 Å². The van der Waals surface area contributed by atoms with Crippen molar-refractivity contribution in [2.24, 2.45) is 34.5 Å². The summed E-state index contributed by atoms with van der Waals surface area (Å²) in [4.78, 5) is 0. The lowest BCUT2D eigenvalue weighted by molar-refractivity contribution is -0.264. The summed E-state index contributed by atoms with van der Waals surface area (Å²) in [6, 6.07) is 0. The van der Waals surface area contributed by atoms with Gasteiger partial charge in [0.05, 0.1) is 12.2 Å². The van der Waals surface area contributed by atoms with Crippen LogP contribution in [0.2, 0.25) is 0 Å². The molecule has 4 saturated carbocycles. The quantitative estimate of drug-likeness (QED) is 0.721. The van der Waals surface area contributed by atoms with Crippen LogP contribution in [0.4, 0.5) is 0 Å². The van der Waals surface area contributed by atoms with Gasteiger partial charge in [-0.3, -0.25) is 0 Å². The van der Waals surface area contributed by atoms with Crippen LogP contribution in [0.5, 0.6) is 0 Å². The molecule has 0 radical (unpaired) electrons. The molecule has 8 atom stereocenters. The lowest BCUT2D eigenvalue weighted by Gasteiger charge is -2.62. The molecule has 0 amide bonds. The maximum Gasteiger partial charge on any atom is 0.160 e. The molecule has 4 rings (SSSR count). The van der Waals surface area contributed by atoms with Gasteiger partial charge >= 0.3 is 0 Å². The van der Waals surface area contributed by atoms with E-state index in [-0.39, 0.29) is 17.6 Å². The summed E-state index contributed by atoms with van der Waals surface area (Å²) in [5.74, 6) is 1.42. The van der Waals surface area contributed by atoms with E-state index in [9.17, 15) is 10.2 Å². The zero-order chi connectivity index (χ0) is 18.0. The third-order valence-electron chi connectivity index (χ3n) is 8.97. The van der Waals surface area contributed by atoms with E-state index in [1.807, 2.05) is 0 Å². The van der Waals surface area contributed by atoms with Gasteiger partial charge in [-0.1, -0.05) is 26.7 Å². The third kappa shape index (κ3) is 2.80. The second kappa shape index (κ2) is 5.94. The Kier molecular flexibility index (Phi) is 4.34. The van der Waals surface area contributed by atoms with Crippen molar-refractivity contribution < 1.29 is 14.9 Å². The monoisotopic (exact) mass is 350 g/mol. The lowest BCUT2D eigenvalue weighted by Crippen LogP contribution is -2.59. The fourth-order valence-corrected chi connectivity index (χ4v) is 7.70. The van der Waals surface area contributed by atoms with Crippen molar-refractivity contribution in [2.45, 2.75) is 103 Å². The second-order valence-electron chi connectivity index (χ2n) is 10.7. The zero-order valence-corrected chi connectivity index (χ0v) is 16.6. The first-order valence-electron chi connectivity index (χ1n) is 10.7. The lowest BCUT2D eigenvalue weighted by atomic mass is 9.44. The Morgan fingerprint density at radius 1 is 0.920 bits per heavy atom. The topological polar surface area (TPSA) is 49.7 Å². The number of fused-ring (bicyclic) bond motifs is 5. The van der Waals surface area contributed by atoms with E-state index in [4.69, 9.17) is 4.74 Å². The molecule has 4 aliphatic rings. The highest BCUT2D eigenvalue weighted by atomic mass is 16.6. The third-order valence-corrected chi connectivity index (χ3v) is 8.97. The molecule has 0 bridgehead atoms. The Labute approximate surface area is 153 Å². The van der Waals surface area contributed by atoms with Gasteiger partial charge in [0.1, 0.15) is 0 Å². The molecule has 0 saturated heterocycles. The maximum absolute atomic E-state index is 10.7. The van der Waals surface area contributed by atoms with Gasteiger partial charge in [0.15, 0.2) is 5.79 Å². The maximum atomic E-state index is 10.7. The Hall–Kier alpha value is -0.120. The Morgan fingerprint density at radius 3 is 2.36 bits per heavy atom. The van der Waals surface area contributed by atoms with Gasteiger partial charge in [-0.15, -0.1) is 0 Å². The van der Waals surface area contributed by atoms with Crippen molar-refractivity contribution >= 4 is 0 Å². The van der Waals surface area contributed by atoms with Crippen molar-refractivity contribution in [1.29, 1.82) is 0 Å². The molecule has 0 spiro atoms. The van der Waals surface area contributed by atoms with Crippen LogP contribution in [0.3, 0.4) is 0 Å². The van der Waals surface area contributed by atoms with Crippen LogP contribution in [-0.4, -0.2) is 28.2 Å². The van der Waals surface area contributed by atoms with E-state index in [0.717, 1.165) is 31.6 Å². The Bertz CT molecular complexity index is 512. The minimum absolute atomic E-state index is 0.0558. The van der Waals surface area contributed by atoms with E-state index < -0.39 is 5.79 Å². The highest BCUT2D eigenvalue weighted by Gasteiger charge is 2.62. The molecule has 0 aromatic rings. The molecule has 25 heavy (non-hydrogen) atoms. The van der Waals surface area contributed by atoms with Gasteiger partial charge < -0.3 is 14.9 Å². The molecule has 0 heterocycles. The Morgan fingerprint density at radius 2 is 1.64 bits per heavy atom. The van der Waals surface area contributed by atoms with Crippen molar-refractivity contribution in [3.8, 4) is 0 Å². The largest absolute Gasteiger partial charge is 0.393 e. The number of hydrogen-bond donors (Lipinski definition) is 2. The van der Waals surface area contributed by atoms with Crippen molar-refractivity contribution in [1.82, 2.24) is 0 Å². The van der Waals surface area contributed by atoms with Crippen LogP contribution in [-0.2, 0) is 4.74 Å². The van der Waals surface area contributed by atoms with E-state index >= 15 is 0 Å². The van der Waals surface area contributed by atoms with E-state index in [0.29, 0.717) is 23.2 Å². The smallest absolute Gasteiger partial charge is 0.160 e. The van der Waals surface area contributed by atoms with Gasteiger partial charge in [0.25, 0.3) is 0 Å². The summed E-state index contributed by atoms with van der Waals surface area (Å²) < 4.78 is 6.30. The highest BCUT2D eigenvalue weighted by molar-refractivity contribution is 5.11. The van der Waals surface area contributed by atoms with Crippen LogP contribution >= 0.6 is 0 Å². The Balaban J connectivity index is 1.71. The summed E-state index contributed by atoms with van der Waals surface area (Å²) in [5.41, 5.74) is 0.498. The minimum Gasteiger partial charge on any atom is -0.393 e. The summed E-state index contributed by atoms with van der Waals surface area (Å²) >= 11 is 0. The van der Waals surface area contributed by atoms with E-state index in [2.05, 4.69) is 13.8 Å². The molecule has 2 N–H and O–H groups in total. The van der Waals surface area contributed by atoms with Crippen LogP contribution in [0.1, 0.15) is 85.5 Å². The molecule has 0 aromatic heterocycles. The predicted octanol–water partition coefficient (Wildman–Crippen LogP) is 4.50. The molecule has 4 aliphatic carbocycles.